The number of anilines is 1. The molecule has 0 unspecified atom stereocenters. The van der Waals surface area contributed by atoms with E-state index in [1.807, 2.05) is 38.2 Å². The van der Waals surface area contributed by atoms with E-state index in [1.54, 1.807) is 18.6 Å². The fraction of sp³-hybridized carbons (Fsp3) is 0.273. The molecule has 5 rings (SSSR count). The van der Waals surface area contributed by atoms with Gasteiger partial charge in [-0.05, 0) is 55.0 Å². The lowest BCUT2D eigenvalue weighted by atomic mass is 10.1. The Labute approximate surface area is 183 Å². The van der Waals surface area contributed by atoms with Gasteiger partial charge in [-0.25, -0.2) is 4.99 Å². The van der Waals surface area contributed by atoms with Crippen LogP contribution >= 0.6 is 0 Å². The Balaban J connectivity index is 1.24. The lowest BCUT2D eigenvalue weighted by Crippen LogP contribution is -2.35. The minimum Gasteiger partial charge on any atom is -0.846 e. The SMILES string of the molecule is Cc1noc(C)c1-c1ccc(C[n+]2cc(/N=C(\[O-])Nc3cncc(C4CC4)c3)on2)nc1. The molecule has 0 spiro atoms. The molecule has 1 saturated carbocycles. The molecule has 4 heterocycles. The zero-order valence-electron chi connectivity index (χ0n) is 17.6. The highest BCUT2D eigenvalue weighted by Gasteiger charge is 2.23. The quantitative estimate of drug-likeness (QED) is 0.280. The third kappa shape index (κ3) is 4.34. The number of aromatic nitrogens is 5. The molecule has 32 heavy (non-hydrogen) atoms. The molecule has 0 amide bonds. The third-order valence-electron chi connectivity index (χ3n) is 5.24. The number of nitrogens with zero attached hydrogens (tertiary/aromatic N) is 6. The molecule has 1 aliphatic carbocycles. The van der Waals surface area contributed by atoms with E-state index in [1.165, 1.54) is 17.5 Å². The van der Waals surface area contributed by atoms with Crippen molar-refractivity contribution in [2.24, 2.45) is 4.99 Å². The lowest BCUT2D eigenvalue weighted by molar-refractivity contribution is -0.755. The Morgan fingerprint density at radius 1 is 1.22 bits per heavy atom. The fourth-order valence-electron chi connectivity index (χ4n) is 3.54. The Morgan fingerprint density at radius 3 is 2.81 bits per heavy atom. The van der Waals surface area contributed by atoms with Gasteiger partial charge in [0.05, 0.1) is 23.6 Å². The van der Waals surface area contributed by atoms with Crippen molar-refractivity contribution in [1.29, 1.82) is 0 Å². The first-order chi connectivity index (χ1) is 15.5. The minimum atomic E-state index is -0.551. The average Bonchev–Trinajstić information content (AvgIpc) is 3.46. The second kappa shape index (κ2) is 8.22. The molecule has 0 saturated heterocycles. The molecular formula is C22H21N7O3. The van der Waals surface area contributed by atoms with Crippen molar-refractivity contribution in [3.05, 3.63) is 65.7 Å². The molecule has 162 valence electrons. The van der Waals surface area contributed by atoms with Crippen LogP contribution in [-0.4, -0.2) is 26.4 Å². The first kappa shape index (κ1) is 19.9. The van der Waals surface area contributed by atoms with E-state index in [9.17, 15) is 5.11 Å². The van der Waals surface area contributed by atoms with Crippen molar-refractivity contribution in [1.82, 2.24) is 20.4 Å². The van der Waals surface area contributed by atoms with Gasteiger partial charge >= 0.3 is 5.88 Å². The smallest absolute Gasteiger partial charge is 0.322 e. The number of aryl methyl sites for hydroxylation is 2. The summed E-state index contributed by atoms with van der Waals surface area (Å²) in [5, 5.41) is 22.8. The number of rotatable bonds is 6. The van der Waals surface area contributed by atoms with Gasteiger partial charge in [0.1, 0.15) is 11.5 Å². The van der Waals surface area contributed by atoms with E-state index < -0.39 is 6.02 Å². The zero-order chi connectivity index (χ0) is 22.1. The average molecular weight is 431 g/mol. The molecule has 10 heteroatoms. The molecule has 0 atom stereocenters. The Bertz CT molecular complexity index is 1250. The number of nitrogens with one attached hydrogen (secondary N) is 1. The Morgan fingerprint density at radius 2 is 2.09 bits per heavy atom. The number of hydrogen-bond acceptors (Lipinski definition) is 8. The van der Waals surface area contributed by atoms with Crippen LogP contribution in [-0.2, 0) is 6.54 Å². The van der Waals surface area contributed by atoms with Gasteiger partial charge in [-0.2, -0.15) is 0 Å². The summed E-state index contributed by atoms with van der Waals surface area (Å²) in [6.45, 7) is 4.14. The van der Waals surface area contributed by atoms with Gasteiger partial charge in [0, 0.05) is 23.5 Å². The van der Waals surface area contributed by atoms with Gasteiger partial charge in [0.25, 0.3) is 6.20 Å². The molecule has 4 aromatic rings. The summed E-state index contributed by atoms with van der Waals surface area (Å²) < 4.78 is 11.9. The van der Waals surface area contributed by atoms with Crippen LogP contribution in [0.15, 0.2) is 57.0 Å². The zero-order valence-corrected chi connectivity index (χ0v) is 17.6. The molecule has 0 bridgehead atoms. The van der Waals surface area contributed by atoms with Crippen molar-refractivity contribution in [2.75, 3.05) is 5.32 Å². The number of aliphatic imine (C=N–C) groups is 1. The molecule has 10 nitrogen and oxygen atoms in total. The topological polar surface area (TPSA) is 129 Å². The predicted octanol–water partition coefficient (Wildman–Crippen LogP) is 2.41. The van der Waals surface area contributed by atoms with Gasteiger partial charge in [-0.3, -0.25) is 14.5 Å². The lowest BCUT2D eigenvalue weighted by Gasteiger charge is -2.12. The molecule has 0 aromatic carbocycles. The fourth-order valence-corrected chi connectivity index (χ4v) is 3.54. The first-order valence-electron chi connectivity index (χ1n) is 10.3. The summed E-state index contributed by atoms with van der Waals surface area (Å²) in [7, 11) is 0. The summed E-state index contributed by atoms with van der Waals surface area (Å²) in [5.74, 6) is 1.40. The van der Waals surface area contributed by atoms with Crippen LogP contribution in [0, 0.1) is 13.8 Å². The van der Waals surface area contributed by atoms with Gasteiger partial charge in [-0.1, -0.05) is 11.2 Å². The molecule has 0 aliphatic heterocycles. The number of amidine groups is 1. The number of hydrogen-bond donors (Lipinski definition) is 1. The second-order valence-corrected chi connectivity index (χ2v) is 7.80. The van der Waals surface area contributed by atoms with Crippen LogP contribution in [0.5, 0.6) is 0 Å². The standard InChI is InChI=1S/C22H21N7O3/c1-13-21(14(2)31-27-13)16-5-6-18(24-9-16)11-29-12-20(32-28-29)26-22(30)25-19-7-17(8-23-10-19)15-3-4-15/h5-10,12,15H,3-4,11H2,1-2H3,(H-,25,26,28,30). The van der Waals surface area contributed by atoms with Gasteiger partial charge in [-0.15, -0.1) is 0 Å². The van der Waals surface area contributed by atoms with Crippen molar-refractivity contribution in [3.8, 4) is 11.1 Å². The maximum absolute atomic E-state index is 12.2. The first-order valence-corrected chi connectivity index (χ1v) is 10.3. The van der Waals surface area contributed by atoms with Crippen molar-refractivity contribution < 1.29 is 18.8 Å². The van der Waals surface area contributed by atoms with E-state index in [2.05, 4.69) is 30.7 Å². The Hall–Kier alpha value is -4.08. The van der Waals surface area contributed by atoms with Crippen LogP contribution in [0.4, 0.5) is 11.6 Å². The van der Waals surface area contributed by atoms with Crippen LogP contribution < -0.4 is 15.1 Å². The van der Waals surface area contributed by atoms with E-state index in [0.29, 0.717) is 18.2 Å². The van der Waals surface area contributed by atoms with Gasteiger partial charge < -0.3 is 14.9 Å². The second-order valence-electron chi connectivity index (χ2n) is 7.80. The van der Waals surface area contributed by atoms with E-state index in [0.717, 1.165) is 33.8 Å². The normalized spacial score (nSPS) is 14.0. The van der Waals surface area contributed by atoms with E-state index in [4.69, 9.17) is 9.05 Å². The monoisotopic (exact) mass is 431 g/mol. The van der Waals surface area contributed by atoms with E-state index >= 15 is 0 Å². The molecular weight excluding hydrogens is 410 g/mol. The predicted molar refractivity (Wildman–Crippen MR) is 112 cm³/mol. The van der Waals surface area contributed by atoms with E-state index in [-0.39, 0.29) is 5.88 Å². The highest BCUT2D eigenvalue weighted by Crippen LogP contribution is 2.40. The molecule has 1 N–H and O–H groups in total. The summed E-state index contributed by atoms with van der Waals surface area (Å²) in [6, 6.07) is 5.23. The third-order valence-corrected chi connectivity index (χ3v) is 5.24. The minimum absolute atomic E-state index is 0.0983. The largest absolute Gasteiger partial charge is 0.846 e. The van der Waals surface area contributed by atoms with Crippen LogP contribution in [0.1, 0.15) is 41.5 Å². The van der Waals surface area contributed by atoms with Gasteiger partial charge in [0.2, 0.25) is 11.8 Å². The highest BCUT2D eigenvalue weighted by atomic mass is 16.5. The number of pyridine rings is 2. The maximum Gasteiger partial charge on any atom is 0.322 e. The van der Waals surface area contributed by atoms with Crippen molar-refractivity contribution >= 4 is 17.6 Å². The maximum atomic E-state index is 12.2. The van der Waals surface area contributed by atoms with Crippen LogP contribution in [0.2, 0.25) is 0 Å². The highest BCUT2D eigenvalue weighted by molar-refractivity contribution is 5.86. The summed E-state index contributed by atoms with van der Waals surface area (Å²) >= 11 is 0. The molecule has 4 aromatic heterocycles. The van der Waals surface area contributed by atoms with Crippen molar-refractivity contribution in [2.45, 2.75) is 39.2 Å². The van der Waals surface area contributed by atoms with Crippen LogP contribution in [0.25, 0.3) is 11.1 Å². The molecule has 1 aliphatic rings. The molecule has 0 radical (unpaired) electrons. The Kier molecular flexibility index (Phi) is 5.10. The summed E-state index contributed by atoms with van der Waals surface area (Å²) in [5.41, 5.74) is 5.22. The summed E-state index contributed by atoms with van der Waals surface area (Å²) in [6.07, 6.45) is 9.07. The van der Waals surface area contributed by atoms with Crippen LogP contribution in [0.3, 0.4) is 0 Å². The summed E-state index contributed by atoms with van der Waals surface area (Å²) in [4.78, 5) is 12.6. The molecule has 1 fully saturated rings. The van der Waals surface area contributed by atoms with Gasteiger partial charge in [0.15, 0.2) is 0 Å². The van der Waals surface area contributed by atoms with Crippen molar-refractivity contribution in [3.63, 3.8) is 0 Å².